The molecular formula is C10H10Cl6. The van der Waals surface area contributed by atoms with Gasteiger partial charge in [-0.05, 0) is 17.8 Å². The van der Waals surface area contributed by atoms with Gasteiger partial charge >= 0.3 is 0 Å². The van der Waals surface area contributed by atoms with Gasteiger partial charge in [-0.2, -0.15) is 0 Å². The normalized spacial score (nSPS) is 56.1. The predicted molar refractivity (Wildman–Crippen MR) is 71.6 cm³/mol. The third-order valence-corrected chi connectivity index (χ3v) is 8.04. The molecule has 4 bridgehead atoms. The number of hydrogen-bond donors (Lipinski definition) is 0. The van der Waals surface area contributed by atoms with E-state index in [1.807, 2.05) is 0 Å². The summed E-state index contributed by atoms with van der Waals surface area (Å²) in [6.07, 6.45) is 0. The molecule has 0 saturated heterocycles. The van der Waals surface area contributed by atoms with E-state index in [-0.39, 0.29) is 16.2 Å². The van der Waals surface area contributed by atoms with E-state index in [1.165, 1.54) is 0 Å². The Morgan fingerprint density at radius 1 is 0.938 bits per heavy atom. The summed E-state index contributed by atoms with van der Waals surface area (Å²) in [5.74, 6) is 2.07. The molecule has 6 heteroatoms. The van der Waals surface area contributed by atoms with E-state index in [0.29, 0.717) is 29.5 Å². The number of rotatable bonds is 3. The monoisotopic (exact) mass is 340 g/mol. The van der Waals surface area contributed by atoms with E-state index in [1.54, 1.807) is 0 Å². The second-order valence-electron chi connectivity index (χ2n) is 5.14. The first-order chi connectivity index (χ1) is 7.50. The van der Waals surface area contributed by atoms with Gasteiger partial charge in [0.1, 0.15) is 4.84 Å². The van der Waals surface area contributed by atoms with Crippen molar-refractivity contribution in [1.29, 1.82) is 0 Å². The van der Waals surface area contributed by atoms with E-state index in [9.17, 15) is 0 Å². The summed E-state index contributed by atoms with van der Waals surface area (Å²) in [6, 6.07) is 0. The van der Waals surface area contributed by atoms with Crippen LogP contribution < -0.4 is 0 Å². The summed E-state index contributed by atoms with van der Waals surface area (Å²) in [7, 11) is 0. The van der Waals surface area contributed by atoms with Gasteiger partial charge < -0.3 is 0 Å². The number of halogens is 6. The van der Waals surface area contributed by atoms with Crippen molar-refractivity contribution in [3.63, 3.8) is 0 Å². The lowest BCUT2D eigenvalue weighted by atomic mass is 9.70. The average molecular weight is 343 g/mol. The smallest absolute Gasteiger partial charge is 0.116 e. The van der Waals surface area contributed by atoms with Crippen molar-refractivity contribution in [2.75, 3.05) is 11.8 Å². The molecule has 0 spiro atoms. The zero-order chi connectivity index (χ0) is 11.9. The minimum absolute atomic E-state index is 0.0949. The highest BCUT2D eigenvalue weighted by atomic mass is 35.5. The quantitative estimate of drug-likeness (QED) is 0.669. The predicted octanol–water partition coefficient (Wildman–Crippen LogP) is 4.34. The van der Waals surface area contributed by atoms with Crippen molar-refractivity contribution in [2.24, 2.45) is 28.6 Å². The van der Waals surface area contributed by atoms with Gasteiger partial charge in [-0.3, -0.25) is 0 Å². The Hall–Kier alpha value is 1.74. The van der Waals surface area contributed by atoms with Crippen LogP contribution in [0.3, 0.4) is 0 Å². The molecule has 4 rings (SSSR count). The van der Waals surface area contributed by atoms with Crippen molar-refractivity contribution < 1.29 is 0 Å². The minimum atomic E-state index is -0.616. The summed E-state index contributed by atoms with van der Waals surface area (Å²) in [6.45, 7) is 0. The van der Waals surface area contributed by atoms with Gasteiger partial charge in [0.25, 0.3) is 0 Å². The highest BCUT2D eigenvalue weighted by Crippen LogP contribution is 2.87. The van der Waals surface area contributed by atoms with Gasteiger partial charge in [0, 0.05) is 33.3 Å². The van der Waals surface area contributed by atoms with Crippen molar-refractivity contribution in [1.82, 2.24) is 0 Å². The van der Waals surface area contributed by atoms with E-state index >= 15 is 0 Å². The summed E-state index contributed by atoms with van der Waals surface area (Å²) in [5, 5.41) is -0.190. The first kappa shape index (κ1) is 12.8. The Bertz CT molecular complexity index is 305. The summed E-state index contributed by atoms with van der Waals surface area (Å²) < 4.78 is 0. The Kier molecular flexibility index (Phi) is 2.90. The maximum Gasteiger partial charge on any atom is 0.116 e. The molecule has 0 aliphatic heterocycles. The van der Waals surface area contributed by atoms with Crippen LogP contribution in [0, 0.1) is 28.6 Å². The molecule has 0 aromatic carbocycles. The average Bonchev–Trinajstić information content (AvgIpc) is 2.82. The Morgan fingerprint density at radius 3 is 1.62 bits per heavy atom. The van der Waals surface area contributed by atoms with Gasteiger partial charge in [-0.15, -0.1) is 69.6 Å². The van der Waals surface area contributed by atoms with Crippen LogP contribution in [-0.2, 0) is 0 Å². The maximum atomic E-state index is 6.51. The third kappa shape index (κ3) is 0.991. The van der Waals surface area contributed by atoms with E-state index in [4.69, 9.17) is 69.6 Å². The Morgan fingerprint density at radius 2 is 1.38 bits per heavy atom. The van der Waals surface area contributed by atoms with Gasteiger partial charge in [0.15, 0.2) is 0 Å². The van der Waals surface area contributed by atoms with E-state index < -0.39 is 10.3 Å². The van der Waals surface area contributed by atoms with Crippen LogP contribution in [-0.4, -0.2) is 27.4 Å². The maximum absolute atomic E-state index is 6.51. The molecule has 4 aliphatic rings. The summed E-state index contributed by atoms with van der Waals surface area (Å²) >= 11 is 37.7. The third-order valence-electron chi connectivity index (χ3n) is 5.06. The highest BCUT2D eigenvalue weighted by molar-refractivity contribution is 6.46. The fourth-order valence-electron chi connectivity index (χ4n) is 4.38. The van der Waals surface area contributed by atoms with Crippen LogP contribution in [0.4, 0.5) is 0 Å². The summed E-state index contributed by atoms with van der Waals surface area (Å²) in [5.41, 5.74) is -0.818. The zero-order valence-electron chi connectivity index (χ0n) is 8.15. The molecule has 0 radical (unpaired) electrons. The Balaban J connectivity index is 2.16. The molecule has 0 aromatic rings. The lowest BCUT2D eigenvalue weighted by Gasteiger charge is -2.45. The van der Waals surface area contributed by atoms with Gasteiger partial charge in [0.2, 0.25) is 0 Å². The van der Waals surface area contributed by atoms with E-state index in [2.05, 4.69) is 0 Å². The van der Waals surface area contributed by atoms with Crippen LogP contribution in [0.5, 0.6) is 0 Å². The molecule has 0 heterocycles. The van der Waals surface area contributed by atoms with Crippen LogP contribution in [0.2, 0.25) is 0 Å². The van der Waals surface area contributed by atoms with Crippen LogP contribution in [0.15, 0.2) is 0 Å². The minimum Gasteiger partial charge on any atom is -0.126 e. The van der Waals surface area contributed by atoms with Crippen LogP contribution >= 0.6 is 69.6 Å². The van der Waals surface area contributed by atoms with Crippen LogP contribution in [0.1, 0.15) is 0 Å². The SMILES string of the molecule is ClCC1(CCl)C2C3C2C(Cl)C1(C(Cl)Cl)C3Cl. The molecule has 16 heavy (non-hydrogen) atoms. The largest absolute Gasteiger partial charge is 0.126 e. The van der Waals surface area contributed by atoms with Gasteiger partial charge in [-0.1, -0.05) is 0 Å². The molecule has 4 fully saturated rings. The topological polar surface area (TPSA) is 0 Å². The first-order valence-electron chi connectivity index (χ1n) is 5.19. The molecule has 4 atom stereocenters. The first-order valence-corrected chi connectivity index (χ1v) is 8.00. The second-order valence-corrected chi connectivity index (χ2v) is 7.71. The van der Waals surface area contributed by atoms with Gasteiger partial charge in [-0.25, -0.2) is 0 Å². The highest BCUT2D eigenvalue weighted by Gasteiger charge is 2.90. The molecular weight excluding hydrogens is 333 g/mol. The summed E-state index contributed by atoms with van der Waals surface area (Å²) in [4.78, 5) is -0.616. The fraction of sp³-hybridized carbons (Fsp3) is 1.00. The number of hydrogen-bond acceptors (Lipinski definition) is 0. The lowest BCUT2D eigenvalue weighted by Crippen LogP contribution is -2.51. The van der Waals surface area contributed by atoms with E-state index in [0.717, 1.165) is 0 Å². The van der Waals surface area contributed by atoms with Crippen LogP contribution in [0.25, 0.3) is 0 Å². The van der Waals surface area contributed by atoms with Crippen molar-refractivity contribution in [3.8, 4) is 0 Å². The zero-order valence-corrected chi connectivity index (χ0v) is 12.7. The van der Waals surface area contributed by atoms with Gasteiger partial charge in [0.05, 0.1) is 0 Å². The second kappa shape index (κ2) is 3.64. The number of alkyl halides is 6. The lowest BCUT2D eigenvalue weighted by molar-refractivity contribution is 0.159. The molecule has 0 nitrogen and oxygen atoms in total. The Labute approximate surface area is 125 Å². The van der Waals surface area contributed by atoms with Crippen molar-refractivity contribution in [3.05, 3.63) is 0 Å². The molecule has 4 aliphatic carbocycles. The molecule has 4 unspecified atom stereocenters. The molecule has 0 N–H and O–H groups in total. The molecule has 0 aromatic heterocycles. The van der Waals surface area contributed by atoms with Crippen molar-refractivity contribution >= 4 is 69.6 Å². The molecule has 92 valence electrons. The molecule has 4 saturated carbocycles. The fourth-order valence-corrected chi connectivity index (χ4v) is 8.39. The molecule has 0 amide bonds. The van der Waals surface area contributed by atoms with Crippen molar-refractivity contribution in [2.45, 2.75) is 15.6 Å². The standard InChI is InChI=1S/C10H10Cl6/c11-1-9(2-12)5-3-4(5)7(14)10(9,6(3)13)8(15)16/h3-8H,1-2H2.